The Morgan fingerprint density at radius 2 is 1.82 bits per heavy atom. The zero-order valence-corrected chi connectivity index (χ0v) is 22.6. The Hall–Kier alpha value is -3.76. The molecule has 3 heterocycles. The molecule has 9 nitrogen and oxygen atoms in total. The van der Waals surface area contributed by atoms with E-state index in [9.17, 15) is 22.8 Å². The van der Waals surface area contributed by atoms with Gasteiger partial charge in [0.25, 0.3) is 5.91 Å². The number of alkyl halides is 3. The molecule has 3 fully saturated rings. The Morgan fingerprint density at radius 1 is 1.15 bits per heavy atom. The monoisotopic (exact) mass is 572 g/mol. The number of carbonyl (C=O) groups excluding carboxylic acids is 2. The van der Waals surface area contributed by atoms with E-state index in [1.165, 1.54) is 6.07 Å². The fourth-order valence-electron chi connectivity index (χ4n) is 5.40. The van der Waals surface area contributed by atoms with Gasteiger partial charge in [0.05, 0.1) is 24.1 Å². The van der Waals surface area contributed by atoms with Gasteiger partial charge in [0.1, 0.15) is 11.6 Å². The van der Waals surface area contributed by atoms with Crippen molar-refractivity contribution >= 4 is 40.7 Å². The molecule has 3 aliphatic rings. The third kappa shape index (κ3) is 4.86. The molecule has 0 N–H and O–H groups in total. The average Bonchev–Trinajstić information content (AvgIpc) is 3.15. The van der Waals surface area contributed by atoms with Crippen LogP contribution in [0.1, 0.15) is 43.0 Å². The molecule has 210 valence electrons. The van der Waals surface area contributed by atoms with E-state index in [1.807, 2.05) is 24.3 Å². The van der Waals surface area contributed by atoms with Crippen LogP contribution in [0.15, 0.2) is 36.5 Å². The van der Waals surface area contributed by atoms with E-state index in [1.54, 1.807) is 16.7 Å². The van der Waals surface area contributed by atoms with Crippen molar-refractivity contribution in [1.29, 1.82) is 5.26 Å². The summed E-state index contributed by atoms with van der Waals surface area (Å²) in [6.07, 6.45) is -2.21. The van der Waals surface area contributed by atoms with Gasteiger partial charge in [0, 0.05) is 38.4 Å². The highest BCUT2D eigenvalue weighted by Gasteiger charge is 2.59. The molecular formula is C27H27F3N6O3S. The highest BCUT2D eigenvalue weighted by Crippen LogP contribution is 2.48. The number of pyridine rings is 1. The Labute approximate surface area is 234 Å². The SMILES string of the molecule is CCOC(=O)N1CCN(Cc2ccc(N3C(=S)N(c4cnc(C#N)c(C(F)(F)F)c4)C(=O)C34CCC4)cc2)CC1. The van der Waals surface area contributed by atoms with Crippen molar-refractivity contribution < 1.29 is 27.5 Å². The first-order chi connectivity index (χ1) is 19.1. The van der Waals surface area contributed by atoms with E-state index < -0.39 is 28.9 Å². The molecule has 40 heavy (non-hydrogen) atoms. The molecule has 5 rings (SSSR count). The number of nitriles is 1. The summed E-state index contributed by atoms with van der Waals surface area (Å²) >= 11 is 5.67. The molecule has 13 heteroatoms. The van der Waals surface area contributed by atoms with Crippen LogP contribution >= 0.6 is 12.2 Å². The lowest BCUT2D eigenvalue weighted by atomic mass is 9.75. The fourth-order valence-corrected chi connectivity index (χ4v) is 5.87. The summed E-state index contributed by atoms with van der Waals surface area (Å²) in [6, 6.07) is 9.84. The smallest absolute Gasteiger partial charge is 0.419 e. The molecule has 1 aromatic carbocycles. The minimum Gasteiger partial charge on any atom is -0.450 e. The maximum atomic E-state index is 13.6. The van der Waals surface area contributed by atoms with Crippen LogP contribution in [0.3, 0.4) is 0 Å². The third-order valence-corrected chi connectivity index (χ3v) is 8.00. The maximum absolute atomic E-state index is 13.6. The summed E-state index contributed by atoms with van der Waals surface area (Å²) in [5, 5.41) is 9.17. The lowest BCUT2D eigenvalue weighted by Crippen LogP contribution is -2.55. The number of piperazine rings is 1. The summed E-state index contributed by atoms with van der Waals surface area (Å²) < 4.78 is 45.9. The first kappa shape index (κ1) is 27.8. The minimum absolute atomic E-state index is 0.0761. The highest BCUT2D eigenvalue weighted by molar-refractivity contribution is 7.81. The molecule has 0 atom stereocenters. The van der Waals surface area contributed by atoms with Gasteiger partial charge in [0.15, 0.2) is 10.8 Å². The number of benzene rings is 1. The standard InChI is InChI=1S/C27H27F3N6O3S/c1-2-39-25(38)34-12-10-33(11-13-34)17-18-4-6-19(7-5-18)36-24(40)35(23(37)26(36)8-3-9-26)20-14-21(27(28,29)30)22(15-31)32-16-20/h4-7,14,16H,2-3,8-13,17H2,1H3. The Kier molecular flexibility index (Phi) is 7.41. The summed E-state index contributed by atoms with van der Waals surface area (Å²) in [5.74, 6) is -0.396. The lowest BCUT2D eigenvalue weighted by Gasteiger charge is -2.43. The molecule has 1 saturated carbocycles. The average molecular weight is 573 g/mol. The fraction of sp³-hybridized carbons (Fsp3) is 0.444. The van der Waals surface area contributed by atoms with Crippen LogP contribution in [-0.4, -0.2) is 70.2 Å². The molecule has 0 bridgehead atoms. The van der Waals surface area contributed by atoms with Crippen LogP contribution in [-0.2, 0) is 22.3 Å². The van der Waals surface area contributed by atoms with Gasteiger partial charge in [-0.05, 0) is 62.2 Å². The number of hydrogen-bond donors (Lipinski definition) is 0. The normalized spacial score (nSPS) is 19.1. The van der Waals surface area contributed by atoms with Crippen LogP contribution in [0.5, 0.6) is 0 Å². The van der Waals surface area contributed by atoms with Crippen molar-refractivity contribution in [3.05, 3.63) is 53.3 Å². The molecule has 1 aliphatic carbocycles. The second-order valence-corrected chi connectivity index (χ2v) is 10.3. The van der Waals surface area contributed by atoms with Crippen LogP contribution < -0.4 is 9.80 Å². The number of amides is 2. The van der Waals surface area contributed by atoms with E-state index in [4.69, 9.17) is 22.2 Å². The van der Waals surface area contributed by atoms with E-state index >= 15 is 0 Å². The van der Waals surface area contributed by atoms with Crippen molar-refractivity contribution in [3.8, 4) is 6.07 Å². The predicted octanol–water partition coefficient (Wildman–Crippen LogP) is 4.31. The van der Waals surface area contributed by atoms with E-state index in [0.29, 0.717) is 57.9 Å². The second kappa shape index (κ2) is 10.7. The Bertz CT molecular complexity index is 1370. The third-order valence-electron chi connectivity index (χ3n) is 7.63. The molecule has 0 radical (unpaired) electrons. The Balaban J connectivity index is 1.34. The second-order valence-electron chi connectivity index (χ2n) is 9.97. The number of halogens is 3. The summed E-state index contributed by atoms with van der Waals surface area (Å²) in [7, 11) is 0. The first-order valence-electron chi connectivity index (χ1n) is 13.0. The summed E-state index contributed by atoms with van der Waals surface area (Å²) in [4.78, 5) is 36.0. The van der Waals surface area contributed by atoms with E-state index in [0.717, 1.165) is 29.1 Å². The van der Waals surface area contributed by atoms with E-state index in [2.05, 4.69) is 9.88 Å². The molecule has 1 spiro atoms. The van der Waals surface area contributed by atoms with E-state index in [-0.39, 0.29) is 16.9 Å². The number of carbonyl (C=O) groups is 2. The molecule has 2 amide bonds. The maximum Gasteiger partial charge on any atom is 0.419 e. The van der Waals surface area contributed by atoms with Crippen LogP contribution in [0.2, 0.25) is 0 Å². The predicted molar refractivity (Wildman–Crippen MR) is 143 cm³/mol. The van der Waals surface area contributed by atoms with Gasteiger partial charge in [-0.1, -0.05) is 12.1 Å². The highest BCUT2D eigenvalue weighted by atomic mass is 32.1. The van der Waals surface area contributed by atoms with Crippen LogP contribution in [0.4, 0.5) is 29.3 Å². The van der Waals surface area contributed by atoms with Crippen molar-refractivity contribution in [2.75, 3.05) is 42.6 Å². The summed E-state index contributed by atoms with van der Waals surface area (Å²) in [5.41, 5.74) is -1.34. The largest absolute Gasteiger partial charge is 0.450 e. The molecule has 0 unspecified atom stereocenters. The van der Waals surface area contributed by atoms with Crippen molar-refractivity contribution in [2.45, 2.75) is 44.4 Å². The van der Waals surface area contributed by atoms with Crippen molar-refractivity contribution in [2.24, 2.45) is 0 Å². The number of thiocarbonyl (C=S) groups is 1. The lowest BCUT2D eigenvalue weighted by molar-refractivity contribution is -0.138. The number of hydrogen-bond acceptors (Lipinski definition) is 7. The molecule has 2 aromatic rings. The van der Waals surface area contributed by atoms with Gasteiger partial charge >= 0.3 is 12.3 Å². The first-order valence-corrected chi connectivity index (χ1v) is 13.4. The van der Waals surface area contributed by atoms with Crippen molar-refractivity contribution in [3.63, 3.8) is 0 Å². The van der Waals surface area contributed by atoms with Gasteiger partial charge in [-0.15, -0.1) is 0 Å². The van der Waals surface area contributed by atoms with Gasteiger partial charge in [-0.2, -0.15) is 18.4 Å². The number of anilines is 2. The minimum atomic E-state index is -4.81. The quantitative estimate of drug-likeness (QED) is 0.490. The van der Waals surface area contributed by atoms with Crippen LogP contribution in [0.25, 0.3) is 0 Å². The zero-order valence-electron chi connectivity index (χ0n) is 21.8. The van der Waals surface area contributed by atoms with Gasteiger partial charge in [0.2, 0.25) is 0 Å². The molecule has 1 aromatic heterocycles. The van der Waals surface area contributed by atoms with Crippen molar-refractivity contribution in [1.82, 2.24) is 14.8 Å². The Morgan fingerprint density at radius 3 is 2.38 bits per heavy atom. The topological polar surface area (TPSA) is 93.0 Å². The van der Waals surface area contributed by atoms with Gasteiger partial charge in [-0.3, -0.25) is 14.6 Å². The number of nitrogens with zero attached hydrogens (tertiary/aromatic N) is 6. The number of ether oxygens (including phenoxy) is 1. The summed E-state index contributed by atoms with van der Waals surface area (Å²) in [6.45, 7) is 5.38. The van der Waals surface area contributed by atoms with Crippen LogP contribution in [0, 0.1) is 11.3 Å². The van der Waals surface area contributed by atoms with Gasteiger partial charge in [-0.25, -0.2) is 9.78 Å². The molecule has 2 aliphatic heterocycles. The molecular weight excluding hydrogens is 545 g/mol. The number of rotatable bonds is 5. The number of aromatic nitrogens is 1. The zero-order chi connectivity index (χ0) is 28.7. The molecule has 2 saturated heterocycles. The van der Waals surface area contributed by atoms with Gasteiger partial charge < -0.3 is 14.5 Å².